The molecule has 0 radical (unpaired) electrons. The quantitative estimate of drug-likeness (QED) is 0.855. The molecular formula is C16H30N4. The van der Waals surface area contributed by atoms with Crippen molar-refractivity contribution in [1.29, 1.82) is 5.26 Å². The maximum absolute atomic E-state index is 9.68. The summed E-state index contributed by atoms with van der Waals surface area (Å²) in [5.41, 5.74) is -0.305. The molecule has 2 rings (SSSR count). The molecule has 3 atom stereocenters. The summed E-state index contributed by atoms with van der Waals surface area (Å²) >= 11 is 0. The molecule has 3 unspecified atom stereocenters. The lowest BCUT2D eigenvalue weighted by Gasteiger charge is -2.47. The molecule has 1 aliphatic carbocycles. The van der Waals surface area contributed by atoms with Gasteiger partial charge in [-0.3, -0.25) is 10.2 Å². The highest BCUT2D eigenvalue weighted by atomic mass is 15.3. The van der Waals surface area contributed by atoms with Crippen molar-refractivity contribution in [3.63, 3.8) is 0 Å². The van der Waals surface area contributed by atoms with Crippen molar-refractivity contribution in [2.75, 3.05) is 26.7 Å². The maximum atomic E-state index is 9.68. The molecule has 2 aliphatic rings. The van der Waals surface area contributed by atoms with Crippen LogP contribution in [0.1, 0.15) is 46.5 Å². The van der Waals surface area contributed by atoms with E-state index in [0.29, 0.717) is 18.1 Å². The Morgan fingerprint density at radius 2 is 2.10 bits per heavy atom. The highest BCUT2D eigenvalue weighted by Crippen LogP contribution is 2.33. The lowest BCUT2D eigenvalue weighted by Crippen LogP contribution is -2.59. The van der Waals surface area contributed by atoms with Gasteiger partial charge in [0.25, 0.3) is 0 Å². The molecule has 0 bridgehead atoms. The van der Waals surface area contributed by atoms with Gasteiger partial charge in [-0.25, -0.2) is 0 Å². The number of nitrogens with one attached hydrogen (secondary N) is 1. The molecule has 1 aliphatic heterocycles. The first-order valence-electron chi connectivity index (χ1n) is 8.09. The fourth-order valence-corrected chi connectivity index (χ4v) is 4.04. The highest BCUT2D eigenvalue weighted by molar-refractivity contribution is 5.12. The molecule has 0 aromatic carbocycles. The summed E-state index contributed by atoms with van der Waals surface area (Å²) in [4.78, 5) is 5.06. The zero-order valence-corrected chi connectivity index (χ0v) is 13.5. The second-order valence-corrected chi connectivity index (χ2v) is 7.09. The zero-order chi connectivity index (χ0) is 14.8. The largest absolute Gasteiger partial charge is 0.304 e. The minimum atomic E-state index is -0.305. The van der Waals surface area contributed by atoms with Crippen LogP contribution in [0.4, 0.5) is 0 Å². The van der Waals surface area contributed by atoms with Crippen LogP contribution >= 0.6 is 0 Å². The van der Waals surface area contributed by atoms with Crippen molar-refractivity contribution in [2.45, 2.75) is 70.1 Å². The summed E-state index contributed by atoms with van der Waals surface area (Å²) in [6.45, 7) is 10.0. The lowest BCUT2D eigenvalue weighted by atomic mass is 9.78. The van der Waals surface area contributed by atoms with Crippen LogP contribution in [0.3, 0.4) is 0 Å². The van der Waals surface area contributed by atoms with Gasteiger partial charge in [0, 0.05) is 37.8 Å². The van der Waals surface area contributed by atoms with Gasteiger partial charge in [-0.1, -0.05) is 0 Å². The van der Waals surface area contributed by atoms with Crippen LogP contribution in [0.15, 0.2) is 0 Å². The van der Waals surface area contributed by atoms with E-state index in [-0.39, 0.29) is 5.54 Å². The van der Waals surface area contributed by atoms with Crippen LogP contribution in [0.2, 0.25) is 0 Å². The average Bonchev–Trinajstić information content (AvgIpc) is 2.38. The Bertz CT molecular complexity index is 362. The monoisotopic (exact) mass is 278 g/mol. The Morgan fingerprint density at radius 3 is 2.70 bits per heavy atom. The predicted molar refractivity (Wildman–Crippen MR) is 82.5 cm³/mol. The molecule has 1 heterocycles. The van der Waals surface area contributed by atoms with Crippen molar-refractivity contribution >= 4 is 0 Å². The third-order valence-electron chi connectivity index (χ3n) is 4.85. The van der Waals surface area contributed by atoms with E-state index in [9.17, 15) is 5.26 Å². The molecule has 114 valence electrons. The first kappa shape index (κ1) is 15.8. The van der Waals surface area contributed by atoms with Gasteiger partial charge in [-0.05, 0) is 53.5 Å². The smallest absolute Gasteiger partial charge is 0.108 e. The van der Waals surface area contributed by atoms with Crippen molar-refractivity contribution in [1.82, 2.24) is 15.1 Å². The van der Waals surface area contributed by atoms with Crippen LogP contribution < -0.4 is 5.32 Å². The molecule has 0 aromatic heterocycles. The van der Waals surface area contributed by atoms with E-state index in [1.165, 1.54) is 6.42 Å². The predicted octanol–water partition coefficient (Wildman–Crippen LogP) is 1.83. The summed E-state index contributed by atoms with van der Waals surface area (Å²) < 4.78 is 0. The third-order valence-corrected chi connectivity index (χ3v) is 4.85. The minimum absolute atomic E-state index is 0.305. The van der Waals surface area contributed by atoms with Gasteiger partial charge in [0.1, 0.15) is 5.54 Å². The van der Waals surface area contributed by atoms with Crippen molar-refractivity contribution in [2.24, 2.45) is 0 Å². The molecule has 4 nitrogen and oxygen atoms in total. The van der Waals surface area contributed by atoms with Gasteiger partial charge in [0.2, 0.25) is 0 Å². The van der Waals surface area contributed by atoms with Crippen molar-refractivity contribution in [3.05, 3.63) is 0 Å². The van der Waals surface area contributed by atoms with Gasteiger partial charge in [-0.15, -0.1) is 0 Å². The van der Waals surface area contributed by atoms with Gasteiger partial charge in [-0.2, -0.15) is 5.26 Å². The number of nitriles is 1. The van der Waals surface area contributed by atoms with Crippen LogP contribution in [-0.2, 0) is 0 Å². The lowest BCUT2D eigenvalue weighted by molar-refractivity contribution is 0.0312. The van der Waals surface area contributed by atoms with Gasteiger partial charge >= 0.3 is 0 Å². The van der Waals surface area contributed by atoms with Crippen molar-refractivity contribution in [3.8, 4) is 6.07 Å². The van der Waals surface area contributed by atoms with E-state index >= 15 is 0 Å². The van der Waals surface area contributed by atoms with Gasteiger partial charge < -0.3 is 4.90 Å². The number of rotatable bonds is 3. The molecule has 20 heavy (non-hydrogen) atoms. The molecule has 4 heteroatoms. The molecule has 0 amide bonds. The van der Waals surface area contributed by atoms with E-state index in [0.717, 1.165) is 38.9 Å². The van der Waals surface area contributed by atoms with Gasteiger partial charge in [0.05, 0.1) is 6.07 Å². The second-order valence-electron chi connectivity index (χ2n) is 7.09. The summed E-state index contributed by atoms with van der Waals surface area (Å²) in [5, 5.41) is 13.2. The standard InChI is InChI=1S/C16H30N4/c1-13(2)18-16(12-17)7-5-6-15(10-16)20-9-8-19(4)11-14(20)3/h13-15,18H,5-11H2,1-4H3. The normalized spacial score (nSPS) is 37.0. The number of hydrogen-bond donors (Lipinski definition) is 1. The van der Waals surface area contributed by atoms with Crippen LogP contribution in [-0.4, -0.2) is 60.1 Å². The fourth-order valence-electron chi connectivity index (χ4n) is 4.04. The second kappa shape index (κ2) is 6.43. The summed E-state index contributed by atoms with van der Waals surface area (Å²) in [7, 11) is 2.20. The molecular weight excluding hydrogens is 248 g/mol. The van der Waals surface area contributed by atoms with E-state index in [1.807, 2.05) is 0 Å². The maximum Gasteiger partial charge on any atom is 0.108 e. The Hall–Kier alpha value is -0.630. The van der Waals surface area contributed by atoms with Gasteiger partial charge in [0.15, 0.2) is 0 Å². The number of piperazine rings is 1. The summed E-state index contributed by atoms with van der Waals surface area (Å²) in [6, 6.07) is 4.14. The number of nitrogens with zero attached hydrogens (tertiary/aromatic N) is 3. The van der Waals surface area contributed by atoms with E-state index in [1.54, 1.807) is 0 Å². The number of hydrogen-bond acceptors (Lipinski definition) is 4. The third kappa shape index (κ3) is 3.52. The fraction of sp³-hybridized carbons (Fsp3) is 0.938. The SMILES string of the molecule is CC(C)NC1(C#N)CCCC(N2CCN(C)CC2C)C1. The van der Waals surface area contributed by atoms with E-state index < -0.39 is 0 Å². The Labute approximate surface area is 124 Å². The first-order chi connectivity index (χ1) is 9.46. The van der Waals surface area contributed by atoms with Crippen LogP contribution in [0, 0.1) is 11.3 Å². The Morgan fingerprint density at radius 1 is 1.35 bits per heavy atom. The number of likely N-dealkylation sites (N-methyl/N-ethyl adjacent to an activating group) is 1. The van der Waals surface area contributed by atoms with Crippen LogP contribution in [0.25, 0.3) is 0 Å². The Balaban J connectivity index is 2.04. The van der Waals surface area contributed by atoms with E-state index in [4.69, 9.17) is 0 Å². The summed E-state index contributed by atoms with van der Waals surface area (Å²) in [5.74, 6) is 0. The molecule has 1 saturated carbocycles. The average molecular weight is 278 g/mol. The first-order valence-corrected chi connectivity index (χ1v) is 8.09. The van der Waals surface area contributed by atoms with Crippen molar-refractivity contribution < 1.29 is 0 Å². The molecule has 1 N–H and O–H groups in total. The minimum Gasteiger partial charge on any atom is -0.304 e. The topological polar surface area (TPSA) is 42.3 Å². The zero-order valence-electron chi connectivity index (χ0n) is 13.5. The molecule has 2 fully saturated rings. The molecule has 0 spiro atoms. The highest BCUT2D eigenvalue weighted by Gasteiger charge is 2.40. The van der Waals surface area contributed by atoms with E-state index in [2.05, 4.69) is 49.0 Å². The molecule has 0 aromatic rings. The summed E-state index contributed by atoms with van der Waals surface area (Å²) in [6.07, 6.45) is 4.39. The van der Waals surface area contributed by atoms with Crippen LogP contribution in [0.5, 0.6) is 0 Å². The molecule has 1 saturated heterocycles. The Kier molecular flexibility index (Phi) is 5.06.